The minimum Gasteiger partial charge on any atom is -0.341 e. The molecule has 0 spiro atoms. The van der Waals surface area contributed by atoms with Crippen LogP contribution in [0.25, 0.3) is 0 Å². The molecule has 2 rings (SSSR count). The van der Waals surface area contributed by atoms with Gasteiger partial charge in [0.05, 0.1) is 6.54 Å². The zero-order chi connectivity index (χ0) is 13.7. The van der Waals surface area contributed by atoms with E-state index in [0.29, 0.717) is 25.4 Å². The quantitative estimate of drug-likeness (QED) is 0.834. The lowest BCUT2D eigenvalue weighted by Crippen LogP contribution is -2.26. The number of nitrogens with zero attached hydrogens (tertiary/aromatic N) is 1. The molecule has 0 aliphatic heterocycles. The number of carbonyl (C=O) groups is 1. The van der Waals surface area contributed by atoms with Crippen LogP contribution in [0.5, 0.6) is 0 Å². The summed E-state index contributed by atoms with van der Waals surface area (Å²) in [6.07, 6.45) is 3.14. The van der Waals surface area contributed by atoms with Gasteiger partial charge >= 0.3 is 0 Å². The predicted molar refractivity (Wildman–Crippen MR) is 76.2 cm³/mol. The molecule has 1 amide bonds. The summed E-state index contributed by atoms with van der Waals surface area (Å²) in [5.74, 6) is 6.70. The van der Waals surface area contributed by atoms with Crippen molar-refractivity contribution in [2.45, 2.75) is 25.8 Å². The Morgan fingerprint density at radius 2 is 2.05 bits per heavy atom. The van der Waals surface area contributed by atoms with Crippen molar-refractivity contribution in [1.82, 2.24) is 4.90 Å². The molecule has 3 nitrogen and oxygen atoms in total. The van der Waals surface area contributed by atoms with Crippen LogP contribution >= 0.6 is 0 Å². The van der Waals surface area contributed by atoms with Gasteiger partial charge in [0.25, 0.3) is 0 Å². The van der Waals surface area contributed by atoms with Crippen LogP contribution in [0, 0.1) is 17.8 Å². The van der Waals surface area contributed by atoms with Gasteiger partial charge in [0.15, 0.2) is 0 Å². The fraction of sp³-hybridized carbons (Fsp3) is 0.438. The van der Waals surface area contributed by atoms with E-state index in [1.165, 1.54) is 12.8 Å². The maximum atomic E-state index is 11.9. The van der Waals surface area contributed by atoms with Crippen molar-refractivity contribution in [3.05, 3.63) is 35.4 Å². The Morgan fingerprint density at radius 1 is 1.37 bits per heavy atom. The third-order valence-corrected chi connectivity index (χ3v) is 3.29. The Kier molecular flexibility index (Phi) is 4.59. The molecule has 0 saturated heterocycles. The molecule has 0 radical (unpaired) electrons. The van der Waals surface area contributed by atoms with Crippen molar-refractivity contribution >= 4 is 5.91 Å². The van der Waals surface area contributed by atoms with Gasteiger partial charge in [-0.1, -0.05) is 24.0 Å². The second-order valence-corrected chi connectivity index (χ2v) is 5.10. The molecule has 0 aromatic heterocycles. The van der Waals surface area contributed by atoms with Gasteiger partial charge in [-0.05, 0) is 36.5 Å². The van der Waals surface area contributed by atoms with Crippen LogP contribution in [0.15, 0.2) is 24.3 Å². The van der Waals surface area contributed by atoms with Crippen LogP contribution in [-0.4, -0.2) is 24.4 Å². The maximum absolute atomic E-state index is 11.9. The normalized spacial score (nSPS) is 13.6. The lowest BCUT2D eigenvalue weighted by Gasteiger charge is -2.17. The van der Waals surface area contributed by atoms with Crippen molar-refractivity contribution < 1.29 is 4.79 Å². The number of carbonyl (C=O) groups excluding carboxylic acids is 1. The number of nitrogens with two attached hydrogens (primary N) is 1. The lowest BCUT2D eigenvalue weighted by molar-refractivity contribution is -0.130. The van der Waals surface area contributed by atoms with Gasteiger partial charge in [-0.2, -0.15) is 0 Å². The predicted octanol–water partition coefficient (Wildman–Crippen LogP) is 1.76. The van der Waals surface area contributed by atoms with Gasteiger partial charge in [0.1, 0.15) is 0 Å². The van der Waals surface area contributed by atoms with E-state index in [4.69, 9.17) is 5.73 Å². The van der Waals surface area contributed by atoms with Crippen LogP contribution < -0.4 is 5.73 Å². The molecule has 0 atom stereocenters. The highest BCUT2D eigenvalue weighted by Crippen LogP contribution is 2.32. The molecule has 1 aromatic carbocycles. The van der Waals surface area contributed by atoms with Crippen LogP contribution in [0.1, 0.15) is 30.4 Å². The van der Waals surface area contributed by atoms with Gasteiger partial charge in [0, 0.05) is 25.6 Å². The first kappa shape index (κ1) is 13.6. The van der Waals surface area contributed by atoms with E-state index >= 15 is 0 Å². The lowest BCUT2D eigenvalue weighted by atomic mass is 10.1. The molecule has 19 heavy (non-hydrogen) atoms. The van der Waals surface area contributed by atoms with Crippen molar-refractivity contribution in [2.24, 2.45) is 11.7 Å². The molecule has 1 fully saturated rings. The second kappa shape index (κ2) is 6.40. The van der Waals surface area contributed by atoms with Crippen molar-refractivity contribution in [1.29, 1.82) is 0 Å². The number of benzene rings is 1. The fourth-order valence-corrected chi connectivity index (χ4v) is 1.93. The molecule has 3 heteroatoms. The molecule has 1 saturated carbocycles. The molecule has 2 N–H and O–H groups in total. The zero-order valence-electron chi connectivity index (χ0n) is 11.4. The monoisotopic (exact) mass is 256 g/mol. The van der Waals surface area contributed by atoms with Gasteiger partial charge in [-0.15, -0.1) is 0 Å². The molecule has 1 aromatic rings. The van der Waals surface area contributed by atoms with E-state index in [1.807, 2.05) is 31.3 Å². The van der Waals surface area contributed by atoms with Crippen molar-refractivity contribution in [2.75, 3.05) is 13.6 Å². The van der Waals surface area contributed by atoms with Crippen LogP contribution in [0.4, 0.5) is 0 Å². The average Bonchev–Trinajstić information content (AvgIpc) is 3.22. The van der Waals surface area contributed by atoms with E-state index in [1.54, 1.807) is 4.90 Å². The van der Waals surface area contributed by atoms with Crippen LogP contribution in [0.3, 0.4) is 0 Å². The smallest absolute Gasteiger partial charge is 0.222 e. The third-order valence-electron chi connectivity index (χ3n) is 3.29. The highest BCUT2D eigenvalue weighted by molar-refractivity contribution is 5.76. The topological polar surface area (TPSA) is 46.3 Å². The standard InChI is InChI=1S/C16H20N2O/c1-18(16(19)11-14-6-7-14)12-15-8-4-13(5-9-15)3-2-10-17/h4-5,8-9,14H,6-7,10-12,17H2,1H3. The second-order valence-electron chi connectivity index (χ2n) is 5.10. The maximum Gasteiger partial charge on any atom is 0.222 e. The summed E-state index contributed by atoms with van der Waals surface area (Å²) < 4.78 is 0. The van der Waals surface area contributed by atoms with E-state index in [0.717, 1.165) is 11.1 Å². The van der Waals surface area contributed by atoms with E-state index in [9.17, 15) is 4.79 Å². The summed E-state index contributed by atoms with van der Waals surface area (Å²) in [4.78, 5) is 13.7. The van der Waals surface area contributed by atoms with E-state index in [-0.39, 0.29) is 5.91 Å². The summed E-state index contributed by atoms with van der Waals surface area (Å²) in [5, 5.41) is 0. The Labute approximate surface area is 114 Å². The highest BCUT2D eigenvalue weighted by atomic mass is 16.2. The summed E-state index contributed by atoms with van der Waals surface area (Å²) >= 11 is 0. The molecule has 1 aliphatic rings. The number of rotatable bonds is 4. The summed E-state index contributed by atoms with van der Waals surface area (Å²) in [6, 6.07) is 7.97. The fourth-order valence-electron chi connectivity index (χ4n) is 1.93. The molecular formula is C16H20N2O. The molecule has 0 unspecified atom stereocenters. The van der Waals surface area contributed by atoms with Gasteiger partial charge in [-0.3, -0.25) is 4.79 Å². The Morgan fingerprint density at radius 3 is 2.63 bits per heavy atom. The Balaban J connectivity index is 1.89. The number of amides is 1. The Hall–Kier alpha value is -1.79. The summed E-state index contributed by atoms with van der Waals surface area (Å²) in [6.45, 7) is 1.04. The summed E-state index contributed by atoms with van der Waals surface area (Å²) in [7, 11) is 1.87. The summed E-state index contributed by atoms with van der Waals surface area (Å²) in [5.41, 5.74) is 7.42. The third kappa shape index (κ3) is 4.42. The van der Waals surface area contributed by atoms with Crippen LogP contribution in [0.2, 0.25) is 0 Å². The minimum atomic E-state index is 0.245. The molecule has 100 valence electrons. The first-order chi connectivity index (χ1) is 9.19. The van der Waals surface area contributed by atoms with E-state index < -0.39 is 0 Å². The Bertz CT molecular complexity index is 492. The minimum absolute atomic E-state index is 0.245. The largest absolute Gasteiger partial charge is 0.341 e. The zero-order valence-corrected chi connectivity index (χ0v) is 11.4. The average molecular weight is 256 g/mol. The molecular weight excluding hydrogens is 236 g/mol. The van der Waals surface area contributed by atoms with Crippen molar-refractivity contribution in [3.8, 4) is 11.8 Å². The molecule has 1 aliphatic carbocycles. The van der Waals surface area contributed by atoms with Gasteiger partial charge in [-0.25, -0.2) is 0 Å². The number of hydrogen-bond donors (Lipinski definition) is 1. The van der Waals surface area contributed by atoms with Crippen molar-refractivity contribution in [3.63, 3.8) is 0 Å². The van der Waals surface area contributed by atoms with Gasteiger partial charge < -0.3 is 10.6 Å². The number of hydrogen-bond acceptors (Lipinski definition) is 2. The first-order valence-electron chi connectivity index (χ1n) is 6.71. The van der Waals surface area contributed by atoms with Crippen LogP contribution in [-0.2, 0) is 11.3 Å². The SMILES string of the molecule is CN(Cc1ccc(C#CCN)cc1)C(=O)CC1CC1. The van der Waals surface area contributed by atoms with Gasteiger partial charge in [0.2, 0.25) is 5.91 Å². The molecule has 0 bridgehead atoms. The highest BCUT2D eigenvalue weighted by Gasteiger charge is 2.25. The van der Waals surface area contributed by atoms with E-state index in [2.05, 4.69) is 11.8 Å². The molecule has 0 heterocycles. The first-order valence-corrected chi connectivity index (χ1v) is 6.71.